The largest absolute Gasteiger partial charge is 0.326 e. The van der Waals surface area contributed by atoms with Crippen LogP contribution in [0.2, 0.25) is 0 Å². The van der Waals surface area contributed by atoms with Crippen LogP contribution in [0.5, 0.6) is 0 Å². The van der Waals surface area contributed by atoms with Crippen molar-refractivity contribution in [3.05, 3.63) is 35.4 Å². The summed E-state index contributed by atoms with van der Waals surface area (Å²) in [5, 5.41) is 0. The van der Waals surface area contributed by atoms with Gasteiger partial charge >= 0.3 is 0 Å². The van der Waals surface area contributed by atoms with Crippen LogP contribution in [-0.4, -0.2) is 42.0 Å². The lowest BCUT2D eigenvalue weighted by Crippen LogP contribution is -2.35. The Labute approximate surface area is 116 Å². The predicted octanol–water partition coefficient (Wildman–Crippen LogP) is 1.82. The maximum Gasteiger partial charge on any atom is 0.0237 e. The predicted molar refractivity (Wildman–Crippen MR) is 78.8 cm³/mol. The van der Waals surface area contributed by atoms with E-state index in [0.29, 0.717) is 6.54 Å². The second-order valence-corrected chi connectivity index (χ2v) is 5.89. The van der Waals surface area contributed by atoms with Gasteiger partial charge in [0.1, 0.15) is 0 Å². The number of rotatable bonds is 4. The first kappa shape index (κ1) is 13.1. The van der Waals surface area contributed by atoms with Gasteiger partial charge < -0.3 is 5.73 Å². The Morgan fingerprint density at radius 1 is 1.05 bits per heavy atom. The van der Waals surface area contributed by atoms with E-state index >= 15 is 0 Å². The fraction of sp³-hybridized carbons (Fsp3) is 0.625. The highest BCUT2D eigenvalue weighted by atomic mass is 15.3. The van der Waals surface area contributed by atoms with Crippen LogP contribution in [0, 0.1) is 0 Å². The number of nitrogens with two attached hydrogens (primary N) is 1. The Morgan fingerprint density at radius 3 is 2.53 bits per heavy atom. The Balaban J connectivity index is 1.59. The van der Waals surface area contributed by atoms with Gasteiger partial charge in [-0.3, -0.25) is 9.80 Å². The van der Waals surface area contributed by atoms with E-state index in [1.165, 1.54) is 56.6 Å². The molecule has 2 aliphatic rings. The molecule has 2 aliphatic heterocycles. The summed E-state index contributed by atoms with van der Waals surface area (Å²) < 4.78 is 0. The number of hydrogen-bond donors (Lipinski definition) is 1. The number of likely N-dealkylation sites (tertiary alicyclic amines) is 2. The van der Waals surface area contributed by atoms with Gasteiger partial charge in [-0.05, 0) is 43.5 Å². The molecule has 2 heterocycles. The molecule has 3 rings (SSSR count). The highest BCUT2D eigenvalue weighted by Crippen LogP contribution is 2.22. The summed E-state index contributed by atoms with van der Waals surface area (Å²) in [7, 11) is 0. The van der Waals surface area contributed by atoms with Crippen LogP contribution in [0.1, 0.15) is 30.4 Å². The molecule has 2 fully saturated rings. The van der Waals surface area contributed by atoms with Crippen molar-refractivity contribution in [1.29, 1.82) is 0 Å². The fourth-order valence-corrected chi connectivity index (χ4v) is 3.51. The summed E-state index contributed by atoms with van der Waals surface area (Å²) >= 11 is 0. The van der Waals surface area contributed by atoms with Crippen LogP contribution < -0.4 is 5.73 Å². The second-order valence-electron chi connectivity index (χ2n) is 5.89. The molecule has 0 spiro atoms. The van der Waals surface area contributed by atoms with Crippen molar-refractivity contribution in [2.75, 3.05) is 26.2 Å². The summed E-state index contributed by atoms with van der Waals surface area (Å²) in [6.07, 6.45) is 4.13. The Bertz CT molecular complexity index is 412. The van der Waals surface area contributed by atoms with Gasteiger partial charge in [-0.2, -0.15) is 0 Å². The lowest BCUT2D eigenvalue weighted by atomic mass is 10.1. The summed E-state index contributed by atoms with van der Waals surface area (Å²) in [5.74, 6) is 0. The zero-order valence-electron chi connectivity index (χ0n) is 11.7. The molecule has 1 aromatic rings. The lowest BCUT2D eigenvalue weighted by molar-refractivity contribution is 0.229. The highest BCUT2D eigenvalue weighted by molar-refractivity contribution is 5.26. The molecule has 104 valence electrons. The first-order chi connectivity index (χ1) is 9.36. The second kappa shape index (κ2) is 6.04. The Hall–Kier alpha value is -0.900. The van der Waals surface area contributed by atoms with Gasteiger partial charge in [0.25, 0.3) is 0 Å². The molecule has 0 radical (unpaired) electrons. The van der Waals surface area contributed by atoms with Gasteiger partial charge in [-0.15, -0.1) is 0 Å². The standard InChI is InChI=1S/C16H25N3/c17-11-14-5-1-2-6-15(14)12-18-10-7-16(13-18)19-8-3-4-9-19/h1-2,5-6,16H,3-4,7-13,17H2. The quantitative estimate of drug-likeness (QED) is 0.895. The molecule has 0 aliphatic carbocycles. The summed E-state index contributed by atoms with van der Waals surface area (Å²) in [5.41, 5.74) is 8.53. The summed E-state index contributed by atoms with van der Waals surface area (Å²) in [6, 6.07) is 9.40. The molecule has 1 atom stereocenters. The van der Waals surface area contributed by atoms with Gasteiger partial charge in [0.05, 0.1) is 0 Å². The van der Waals surface area contributed by atoms with E-state index in [2.05, 4.69) is 34.1 Å². The molecular formula is C16H25N3. The van der Waals surface area contributed by atoms with Crippen LogP contribution in [-0.2, 0) is 13.1 Å². The van der Waals surface area contributed by atoms with E-state index in [1.807, 2.05) is 0 Å². The van der Waals surface area contributed by atoms with Crippen LogP contribution >= 0.6 is 0 Å². The third-order valence-electron chi connectivity index (χ3n) is 4.64. The van der Waals surface area contributed by atoms with E-state index in [0.717, 1.165) is 12.6 Å². The van der Waals surface area contributed by atoms with E-state index in [-0.39, 0.29) is 0 Å². The van der Waals surface area contributed by atoms with Crippen molar-refractivity contribution in [3.63, 3.8) is 0 Å². The molecule has 1 aromatic carbocycles. The van der Waals surface area contributed by atoms with E-state index in [9.17, 15) is 0 Å². The van der Waals surface area contributed by atoms with Crippen LogP contribution in [0.15, 0.2) is 24.3 Å². The van der Waals surface area contributed by atoms with E-state index < -0.39 is 0 Å². The third-order valence-corrected chi connectivity index (χ3v) is 4.64. The maximum absolute atomic E-state index is 5.82. The molecule has 2 saturated heterocycles. The molecule has 19 heavy (non-hydrogen) atoms. The van der Waals surface area contributed by atoms with Gasteiger partial charge in [0.15, 0.2) is 0 Å². The molecule has 3 nitrogen and oxygen atoms in total. The molecule has 1 unspecified atom stereocenters. The molecule has 0 bridgehead atoms. The topological polar surface area (TPSA) is 32.5 Å². The molecule has 3 heteroatoms. The van der Waals surface area contributed by atoms with Crippen molar-refractivity contribution in [2.45, 2.75) is 38.4 Å². The average Bonchev–Trinajstić information content (AvgIpc) is 3.09. The molecule has 0 aromatic heterocycles. The van der Waals surface area contributed by atoms with Crippen LogP contribution in [0.25, 0.3) is 0 Å². The highest BCUT2D eigenvalue weighted by Gasteiger charge is 2.29. The minimum absolute atomic E-state index is 0.652. The first-order valence-corrected chi connectivity index (χ1v) is 7.60. The van der Waals surface area contributed by atoms with Gasteiger partial charge in [0.2, 0.25) is 0 Å². The molecule has 0 saturated carbocycles. The maximum atomic E-state index is 5.82. The monoisotopic (exact) mass is 259 g/mol. The SMILES string of the molecule is NCc1ccccc1CN1CCC(N2CCCC2)C1. The summed E-state index contributed by atoms with van der Waals surface area (Å²) in [4.78, 5) is 5.28. The number of nitrogens with zero attached hydrogens (tertiary/aromatic N) is 2. The minimum Gasteiger partial charge on any atom is -0.326 e. The van der Waals surface area contributed by atoms with Gasteiger partial charge in [-0.1, -0.05) is 24.3 Å². The van der Waals surface area contributed by atoms with Crippen molar-refractivity contribution < 1.29 is 0 Å². The van der Waals surface area contributed by atoms with E-state index in [1.54, 1.807) is 0 Å². The third kappa shape index (κ3) is 2.99. The fourth-order valence-electron chi connectivity index (χ4n) is 3.51. The summed E-state index contributed by atoms with van der Waals surface area (Å²) in [6.45, 7) is 6.83. The number of benzene rings is 1. The first-order valence-electron chi connectivity index (χ1n) is 7.60. The number of hydrogen-bond acceptors (Lipinski definition) is 3. The minimum atomic E-state index is 0.652. The van der Waals surface area contributed by atoms with Crippen molar-refractivity contribution in [2.24, 2.45) is 5.73 Å². The zero-order chi connectivity index (χ0) is 13.1. The van der Waals surface area contributed by atoms with Gasteiger partial charge in [-0.25, -0.2) is 0 Å². The molecule has 0 amide bonds. The van der Waals surface area contributed by atoms with Gasteiger partial charge in [0, 0.05) is 32.2 Å². The molecular weight excluding hydrogens is 234 g/mol. The smallest absolute Gasteiger partial charge is 0.0237 e. The van der Waals surface area contributed by atoms with E-state index in [4.69, 9.17) is 5.73 Å². The Kier molecular flexibility index (Phi) is 4.16. The Morgan fingerprint density at radius 2 is 1.79 bits per heavy atom. The van der Waals surface area contributed by atoms with Crippen molar-refractivity contribution in [1.82, 2.24) is 9.80 Å². The average molecular weight is 259 g/mol. The lowest BCUT2D eigenvalue weighted by Gasteiger charge is -2.24. The van der Waals surface area contributed by atoms with Crippen molar-refractivity contribution >= 4 is 0 Å². The van der Waals surface area contributed by atoms with Crippen molar-refractivity contribution in [3.8, 4) is 0 Å². The van der Waals surface area contributed by atoms with Crippen LogP contribution in [0.3, 0.4) is 0 Å². The molecule has 2 N–H and O–H groups in total. The normalized spacial score (nSPS) is 25.2. The zero-order valence-corrected chi connectivity index (χ0v) is 11.7. The van der Waals surface area contributed by atoms with Crippen LogP contribution in [0.4, 0.5) is 0 Å².